The Labute approximate surface area is 104 Å². The number of benzene rings is 1. The lowest BCUT2D eigenvalue weighted by atomic mass is 10.1. The molecule has 0 unspecified atom stereocenters. The quantitative estimate of drug-likeness (QED) is 0.867. The van der Waals surface area contributed by atoms with Gasteiger partial charge in [-0.3, -0.25) is 4.79 Å². The second-order valence-corrected chi connectivity index (χ2v) is 4.35. The molecule has 0 aliphatic rings. The van der Waals surface area contributed by atoms with Gasteiger partial charge in [-0.15, -0.1) is 0 Å². The van der Waals surface area contributed by atoms with Gasteiger partial charge < -0.3 is 14.6 Å². The Balaban J connectivity index is 2.84. The molecule has 1 aromatic heterocycles. The second kappa shape index (κ2) is 4.18. The fourth-order valence-electron chi connectivity index (χ4n) is 1.93. The zero-order valence-electron chi connectivity index (χ0n) is 10.5. The summed E-state index contributed by atoms with van der Waals surface area (Å²) in [4.78, 5) is 24.9. The third kappa shape index (κ3) is 1.84. The van der Waals surface area contributed by atoms with Crippen molar-refractivity contribution in [2.45, 2.75) is 0 Å². The zero-order chi connectivity index (χ0) is 13.4. The lowest BCUT2D eigenvalue weighted by Crippen LogP contribution is -2.16. The molecular weight excluding hydrogens is 232 g/mol. The van der Waals surface area contributed by atoms with Crippen LogP contribution in [-0.2, 0) is 7.05 Å². The van der Waals surface area contributed by atoms with Crippen LogP contribution in [0.4, 0.5) is 5.69 Å². The van der Waals surface area contributed by atoms with Crippen molar-refractivity contribution < 1.29 is 9.90 Å². The van der Waals surface area contributed by atoms with Gasteiger partial charge >= 0.3 is 5.97 Å². The molecule has 94 valence electrons. The number of carbonyl (C=O) groups is 1. The summed E-state index contributed by atoms with van der Waals surface area (Å²) in [5.74, 6) is -1.10. The first-order chi connectivity index (χ1) is 8.41. The third-order valence-electron chi connectivity index (χ3n) is 2.97. The van der Waals surface area contributed by atoms with E-state index in [0.717, 1.165) is 11.8 Å². The maximum absolute atomic E-state index is 11.9. The fourth-order valence-corrected chi connectivity index (χ4v) is 1.93. The SMILES string of the molecule is CN(C)c1ccc2c(c1)c(=O)cc(C(=O)O)n2C. The van der Waals surface area contributed by atoms with Gasteiger partial charge in [-0.05, 0) is 18.2 Å². The lowest BCUT2D eigenvalue weighted by Gasteiger charge is -2.14. The van der Waals surface area contributed by atoms with Gasteiger partial charge in [0.2, 0.25) is 0 Å². The van der Waals surface area contributed by atoms with Crippen LogP contribution in [0.15, 0.2) is 29.1 Å². The molecule has 0 aliphatic carbocycles. The van der Waals surface area contributed by atoms with Crippen LogP contribution in [0.25, 0.3) is 10.9 Å². The van der Waals surface area contributed by atoms with E-state index in [0.29, 0.717) is 10.9 Å². The van der Waals surface area contributed by atoms with Gasteiger partial charge in [0.15, 0.2) is 5.43 Å². The van der Waals surface area contributed by atoms with Crippen LogP contribution in [-0.4, -0.2) is 29.7 Å². The normalized spacial score (nSPS) is 10.6. The fraction of sp³-hybridized carbons (Fsp3) is 0.231. The molecule has 1 N–H and O–H groups in total. The van der Waals surface area contributed by atoms with E-state index in [9.17, 15) is 9.59 Å². The number of carboxylic acids is 1. The average Bonchev–Trinajstić information content (AvgIpc) is 2.32. The number of carboxylic acid groups (broad SMARTS) is 1. The van der Waals surface area contributed by atoms with Gasteiger partial charge in [-0.1, -0.05) is 0 Å². The number of fused-ring (bicyclic) bond motifs is 1. The lowest BCUT2D eigenvalue weighted by molar-refractivity contribution is 0.0686. The van der Waals surface area contributed by atoms with Gasteiger partial charge in [-0.25, -0.2) is 4.79 Å². The summed E-state index contributed by atoms with van der Waals surface area (Å²) in [6, 6.07) is 6.54. The van der Waals surface area contributed by atoms with E-state index in [4.69, 9.17) is 5.11 Å². The molecule has 18 heavy (non-hydrogen) atoms. The Morgan fingerprint density at radius 3 is 2.50 bits per heavy atom. The summed E-state index contributed by atoms with van der Waals surface area (Å²) in [6.07, 6.45) is 0. The molecule has 0 saturated carbocycles. The molecule has 2 rings (SSSR count). The van der Waals surface area contributed by atoms with Crippen LogP contribution < -0.4 is 10.3 Å². The number of aromatic nitrogens is 1. The van der Waals surface area contributed by atoms with Crippen LogP contribution in [0.5, 0.6) is 0 Å². The number of hydrogen-bond donors (Lipinski definition) is 1. The number of aryl methyl sites for hydroxylation is 1. The van der Waals surface area contributed by atoms with Crippen molar-refractivity contribution in [2.75, 3.05) is 19.0 Å². The van der Waals surface area contributed by atoms with Crippen molar-refractivity contribution in [1.29, 1.82) is 0 Å². The highest BCUT2D eigenvalue weighted by atomic mass is 16.4. The molecule has 2 aromatic rings. The van der Waals surface area contributed by atoms with Crippen molar-refractivity contribution in [3.8, 4) is 0 Å². The summed E-state index contributed by atoms with van der Waals surface area (Å²) in [6.45, 7) is 0. The van der Waals surface area contributed by atoms with Crippen LogP contribution >= 0.6 is 0 Å². The first-order valence-electron chi connectivity index (χ1n) is 5.46. The van der Waals surface area contributed by atoms with Gasteiger partial charge in [0.25, 0.3) is 0 Å². The van der Waals surface area contributed by atoms with Gasteiger partial charge in [-0.2, -0.15) is 0 Å². The minimum atomic E-state index is -1.10. The van der Waals surface area contributed by atoms with Gasteiger partial charge in [0, 0.05) is 38.3 Å². The van der Waals surface area contributed by atoms with Gasteiger partial charge in [0.05, 0.1) is 5.52 Å². The second-order valence-electron chi connectivity index (χ2n) is 4.35. The Kier molecular flexibility index (Phi) is 2.82. The van der Waals surface area contributed by atoms with Crippen molar-refractivity contribution in [2.24, 2.45) is 7.05 Å². The highest BCUT2D eigenvalue weighted by molar-refractivity contribution is 5.91. The molecule has 5 heteroatoms. The molecule has 5 nitrogen and oxygen atoms in total. The summed E-state index contributed by atoms with van der Waals surface area (Å²) in [5, 5.41) is 9.55. The molecule has 0 spiro atoms. The van der Waals surface area contributed by atoms with E-state index in [1.165, 1.54) is 4.57 Å². The molecule has 1 aromatic carbocycles. The maximum atomic E-state index is 11.9. The minimum Gasteiger partial charge on any atom is -0.477 e. The highest BCUT2D eigenvalue weighted by Gasteiger charge is 2.12. The number of rotatable bonds is 2. The molecule has 0 bridgehead atoms. The molecule has 0 radical (unpaired) electrons. The number of nitrogens with zero attached hydrogens (tertiary/aromatic N) is 2. The van der Waals surface area contributed by atoms with E-state index in [1.807, 2.05) is 25.1 Å². The molecule has 0 saturated heterocycles. The van der Waals surface area contributed by atoms with Crippen molar-refractivity contribution in [1.82, 2.24) is 4.57 Å². The van der Waals surface area contributed by atoms with Crippen molar-refractivity contribution in [3.05, 3.63) is 40.2 Å². The van der Waals surface area contributed by atoms with Crippen LogP contribution in [0.1, 0.15) is 10.5 Å². The summed E-state index contributed by atoms with van der Waals surface area (Å²) < 4.78 is 1.51. The molecule has 0 atom stereocenters. The molecule has 0 fully saturated rings. The topological polar surface area (TPSA) is 62.5 Å². The first kappa shape index (κ1) is 12.2. The Bertz CT molecular complexity index is 686. The predicted octanol–water partition coefficient (Wildman–Crippen LogP) is 1.30. The number of pyridine rings is 1. The van der Waals surface area contributed by atoms with E-state index in [2.05, 4.69) is 0 Å². The minimum absolute atomic E-state index is 0.00916. The smallest absolute Gasteiger partial charge is 0.352 e. The maximum Gasteiger partial charge on any atom is 0.352 e. The molecule has 0 aliphatic heterocycles. The monoisotopic (exact) mass is 246 g/mol. The Hall–Kier alpha value is -2.30. The highest BCUT2D eigenvalue weighted by Crippen LogP contribution is 2.19. The van der Waals surface area contributed by atoms with E-state index in [-0.39, 0.29) is 11.1 Å². The van der Waals surface area contributed by atoms with E-state index >= 15 is 0 Å². The average molecular weight is 246 g/mol. The number of anilines is 1. The summed E-state index contributed by atoms with van der Waals surface area (Å²) >= 11 is 0. The third-order valence-corrected chi connectivity index (χ3v) is 2.97. The van der Waals surface area contributed by atoms with Gasteiger partial charge in [0.1, 0.15) is 5.69 Å². The predicted molar refractivity (Wildman–Crippen MR) is 70.5 cm³/mol. The van der Waals surface area contributed by atoms with Crippen molar-refractivity contribution >= 4 is 22.6 Å². The zero-order valence-corrected chi connectivity index (χ0v) is 10.5. The van der Waals surface area contributed by atoms with Crippen LogP contribution in [0, 0.1) is 0 Å². The number of aromatic carboxylic acids is 1. The van der Waals surface area contributed by atoms with E-state index < -0.39 is 5.97 Å². The van der Waals surface area contributed by atoms with Crippen LogP contribution in [0.2, 0.25) is 0 Å². The summed E-state index contributed by atoms with van der Waals surface area (Å²) in [5.41, 5.74) is 1.24. The Morgan fingerprint density at radius 2 is 1.94 bits per heavy atom. The largest absolute Gasteiger partial charge is 0.477 e. The molecule has 1 heterocycles. The first-order valence-corrected chi connectivity index (χ1v) is 5.46. The standard InChI is InChI=1S/C13H14N2O3/c1-14(2)8-4-5-10-9(6-8)12(16)7-11(13(17)18)15(10)3/h4-7H,1-3H3,(H,17,18). The molecular formula is C13H14N2O3. The van der Waals surface area contributed by atoms with Crippen LogP contribution in [0.3, 0.4) is 0 Å². The summed E-state index contributed by atoms with van der Waals surface area (Å²) in [7, 11) is 5.41. The van der Waals surface area contributed by atoms with E-state index in [1.54, 1.807) is 19.2 Å². The Morgan fingerprint density at radius 1 is 1.28 bits per heavy atom. The van der Waals surface area contributed by atoms with Crippen molar-refractivity contribution in [3.63, 3.8) is 0 Å². The molecule has 0 amide bonds. The number of hydrogen-bond acceptors (Lipinski definition) is 3.